The normalized spacial score (nSPS) is 12.6. The second kappa shape index (κ2) is 5.85. The van der Waals surface area contributed by atoms with E-state index in [1.807, 2.05) is 0 Å². The molecule has 2 rings (SSSR count). The molecule has 0 saturated heterocycles. The summed E-state index contributed by atoms with van der Waals surface area (Å²) in [6, 6.07) is 5.80. The van der Waals surface area contributed by atoms with Gasteiger partial charge in [-0.3, -0.25) is 9.98 Å². The maximum Gasteiger partial charge on any atom is 0.417 e. The molecule has 1 heterocycles. The summed E-state index contributed by atoms with van der Waals surface area (Å²) in [4.78, 5) is 8.15. The minimum atomic E-state index is -4.50. The van der Waals surface area contributed by atoms with E-state index in [2.05, 4.69) is 9.98 Å². The van der Waals surface area contributed by atoms with Gasteiger partial charge in [0.2, 0.25) is 0 Å². The van der Waals surface area contributed by atoms with Gasteiger partial charge in [-0.15, -0.1) is 0 Å². The monoisotopic (exact) mass is 312 g/mol. The summed E-state index contributed by atoms with van der Waals surface area (Å²) in [6.45, 7) is 3.38. The van der Waals surface area contributed by atoms with Crippen molar-refractivity contribution in [3.63, 3.8) is 0 Å². The first-order valence-corrected chi connectivity index (χ1v) is 6.50. The first kappa shape index (κ1) is 15.5. The molecule has 1 aromatic heterocycles. The Hall–Kier alpha value is -1.88. The Bertz CT molecular complexity index is 679. The average Bonchev–Trinajstić information content (AvgIpc) is 2.42. The molecule has 2 nitrogen and oxygen atoms in total. The van der Waals surface area contributed by atoms with Crippen LogP contribution in [-0.2, 0) is 6.18 Å². The summed E-state index contributed by atoms with van der Waals surface area (Å²) in [6.07, 6.45) is -1.32. The van der Waals surface area contributed by atoms with Crippen molar-refractivity contribution in [2.24, 2.45) is 4.99 Å². The third-order valence-corrected chi connectivity index (χ3v) is 3.38. The standard InChI is InChI=1S/C15H12ClF3N2/c1-9-3-4-12(15(17,18)19)13(16)14(9)21-10(2)11-5-7-20-8-6-11/h3-8H,1-2H3. The third-order valence-electron chi connectivity index (χ3n) is 3.00. The van der Waals surface area contributed by atoms with Crippen molar-refractivity contribution in [1.29, 1.82) is 0 Å². The van der Waals surface area contributed by atoms with Crippen LogP contribution in [-0.4, -0.2) is 10.7 Å². The Morgan fingerprint density at radius 3 is 2.33 bits per heavy atom. The molecule has 0 spiro atoms. The molecule has 110 valence electrons. The van der Waals surface area contributed by atoms with Gasteiger partial charge in [0.15, 0.2) is 0 Å². The first-order valence-electron chi connectivity index (χ1n) is 6.12. The van der Waals surface area contributed by atoms with Gasteiger partial charge in [-0.2, -0.15) is 13.2 Å². The van der Waals surface area contributed by atoms with Crippen molar-refractivity contribution in [2.45, 2.75) is 20.0 Å². The van der Waals surface area contributed by atoms with Crippen LogP contribution in [0.5, 0.6) is 0 Å². The van der Waals surface area contributed by atoms with Gasteiger partial charge in [0, 0.05) is 18.1 Å². The molecule has 0 fully saturated rings. The maximum atomic E-state index is 12.9. The molecule has 0 atom stereocenters. The largest absolute Gasteiger partial charge is 0.417 e. The Morgan fingerprint density at radius 1 is 1.14 bits per heavy atom. The quantitative estimate of drug-likeness (QED) is 0.699. The second-order valence-electron chi connectivity index (χ2n) is 4.52. The molecule has 6 heteroatoms. The van der Waals surface area contributed by atoms with E-state index in [4.69, 9.17) is 11.6 Å². The maximum absolute atomic E-state index is 12.9. The number of hydrogen-bond acceptors (Lipinski definition) is 2. The lowest BCUT2D eigenvalue weighted by Crippen LogP contribution is -2.06. The third kappa shape index (κ3) is 3.42. The van der Waals surface area contributed by atoms with Crippen LogP contribution in [0.4, 0.5) is 18.9 Å². The van der Waals surface area contributed by atoms with Crippen LogP contribution in [0.15, 0.2) is 41.7 Å². The highest BCUT2D eigenvalue weighted by atomic mass is 35.5. The summed E-state index contributed by atoms with van der Waals surface area (Å²) in [7, 11) is 0. The van der Waals surface area contributed by atoms with Crippen LogP contribution in [0.3, 0.4) is 0 Å². The lowest BCUT2D eigenvalue weighted by Gasteiger charge is -2.13. The Morgan fingerprint density at radius 2 is 1.76 bits per heavy atom. The Labute approximate surface area is 125 Å². The number of halogens is 4. The summed E-state index contributed by atoms with van der Waals surface area (Å²) < 4.78 is 38.6. The molecule has 0 aliphatic heterocycles. The number of hydrogen-bond donors (Lipinski definition) is 0. The van der Waals surface area contributed by atoms with Gasteiger partial charge in [0.1, 0.15) is 0 Å². The van der Waals surface area contributed by atoms with E-state index < -0.39 is 11.7 Å². The average molecular weight is 313 g/mol. The molecule has 0 saturated carbocycles. The highest BCUT2D eigenvalue weighted by molar-refractivity contribution is 6.34. The molecule has 0 unspecified atom stereocenters. The van der Waals surface area contributed by atoms with Gasteiger partial charge < -0.3 is 0 Å². The van der Waals surface area contributed by atoms with Gasteiger partial charge in [0.25, 0.3) is 0 Å². The smallest absolute Gasteiger partial charge is 0.265 e. The SMILES string of the molecule is CC(=Nc1c(C)ccc(C(F)(F)F)c1Cl)c1ccncc1. The Kier molecular flexibility index (Phi) is 4.32. The number of nitrogens with zero attached hydrogens (tertiary/aromatic N) is 2. The molecule has 21 heavy (non-hydrogen) atoms. The molecule has 1 aromatic carbocycles. The van der Waals surface area contributed by atoms with Gasteiger partial charge in [-0.05, 0) is 43.2 Å². The van der Waals surface area contributed by atoms with E-state index in [9.17, 15) is 13.2 Å². The van der Waals surface area contributed by atoms with Crippen molar-refractivity contribution in [2.75, 3.05) is 0 Å². The van der Waals surface area contributed by atoms with E-state index in [1.54, 1.807) is 38.4 Å². The molecule has 0 aliphatic carbocycles. The summed E-state index contributed by atoms with van der Waals surface area (Å²) in [5, 5.41) is -0.379. The topological polar surface area (TPSA) is 25.2 Å². The van der Waals surface area contributed by atoms with Crippen LogP contribution < -0.4 is 0 Å². The second-order valence-corrected chi connectivity index (χ2v) is 4.90. The number of rotatable bonds is 2. The van der Waals surface area contributed by atoms with Crippen molar-refractivity contribution >= 4 is 23.0 Å². The van der Waals surface area contributed by atoms with E-state index >= 15 is 0 Å². The molecule has 0 radical (unpaired) electrons. The van der Waals surface area contributed by atoms with Gasteiger partial charge in [-0.25, -0.2) is 0 Å². The zero-order valence-electron chi connectivity index (χ0n) is 11.4. The number of benzene rings is 1. The zero-order chi connectivity index (χ0) is 15.6. The zero-order valence-corrected chi connectivity index (χ0v) is 12.1. The number of pyridine rings is 1. The van der Waals surface area contributed by atoms with Crippen molar-refractivity contribution in [1.82, 2.24) is 4.98 Å². The van der Waals surface area contributed by atoms with Crippen LogP contribution in [0.2, 0.25) is 5.02 Å². The minimum Gasteiger partial charge on any atom is -0.265 e. The van der Waals surface area contributed by atoms with Gasteiger partial charge in [0.05, 0.1) is 16.3 Å². The lowest BCUT2D eigenvalue weighted by molar-refractivity contribution is -0.137. The van der Waals surface area contributed by atoms with Crippen LogP contribution in [0.25, 0.3) is 0 Å². The van der Waals surface area contributed by atoms with Crippen molar-refractivity contribution < 1.29 is 13.2 Å². The molecule has 0 amide bonds. The summed E-state index contributed by atoms with van der Waals surface area (Å²) >= 11 is 5.89. The highest BCUT2D eigenvalue weighted by Gasteiger charge is 2.34. The number of aryl methyl sites for hydroxylation is 1. The predicted octanol–water partition coefficient (Wildman–Crippen LogP) is 5.20. The Balaban J connectivity index is 2.54. The fraction of sp³-hybridized carbons (Fsp3) is 0.200. The van der Waals surface area contributed by atoms with Crippen molar-refractivity contribution in [3.05, 3.63) is 58.4 Å². The lowest BCUT2D eigenvalue weighted by atomic mass is 10.1. The van der Waals surface area contributed by atoms with Crippen LogP contribution >= 0.6 is 11.6 Å². The van der Waals surface area contributed by atoms with Crippen LogP contribution in [0, 0.1) is 6.92 Å². The van der Waals surface area contributed by atoms with Crippen LogP contribution in [0.1, 0.15) is 23.6 Å². The van der Waals surface area contributed by atoms with E-state index in [0.29, 0.717) is 11.3 Å². The molecule has 2 aromatic rings. The number of aromatic nitrogens is 1. The summed E-state index contributed by atoms with van der Waals surface area (Å²) in [5.74, 6) is 0. The van der Waals surface area contributed by atoms with Gasteiger partial charge >= 0.3 is 6.18 Å². The number of alkyl halides is 3. The van der Waals surface area contributed by atoms with Crippen molar-refractivity contribution in [3.8, 4) is 0 Å². The predicted molar refractivity (Wildman–Crippen MR) is 77.3 cm³/mol. The van der Waals surface area contributed by atoms with Gasteiger partial charge in [-0.1, -0.05) is 17.7 Å². The highest BCUT2D eigenvalue weighted by Crippen LogP contribution is 2.41. The molecule has 0 N–H and O–H groups in total. The molecule has 0 aliphatic rings. The molecule has 0 bridgehead atoms. The van der Waals surface area contributed by atoms with E-state index in [-0.39, 0.29) is 10.7 Å². The fourth-order valence-corrected chi connectivity index (χ4v) is 2.20. The summed E-state index contributed by atoms with van der Waals surface area (Å²) in [5.41, 5.74) is 1.19. The fourth-order valence-electron chi connectivity index (χ4n) is 1.84. The molecular formula is C15H12ClF3N2. The molecular weight excluding hydrogens is 301 g/mol. The van der Waals surface area contributed by atoms with E-state index in [0.717, 1.165) is 11.6 Å². The minimum absolute atomic E-state index is 0.140. The number of aliphatic imine (C=N–C) groups is 1. The van der Waals surface area contributed by atoms with E-state index in [1.165, 1.54) is 6.07 Å². The first-order chi connectivity index (χ1) is 9.80.